The van der Waals surface area contributed by atoms with Crippen LogP contribution in [0.3, 0.4) is 0 Å². The summed E-state index contributed by atoms with van der Waals surface area (Å²) in [6.07, 6.45) is 7.66. The smallest absolute Gasteiger partial charge is 0.387 e. The number of ether oxygens (including phenoxy) is 2. The fourth-order valence-electron chi connectivity index (χ4n) is 11.9. The summed E-state index contributed by atoms with van der Waals surface area (Å²) in [5.74, 6) is 2.07. The maximum Gasteiger partial charge on any atom is 0.387 e. The second kappa shape index (κ2) is 18.5. The lowest BCUT2D eigenvalue weighted by molar-refractivity contribution is -0.134. The van der Waals surface area contributed by atoms with E-state index in [-0.39, 0.29) is 59.6 Å². The highest BCUT2D eigenvalue weighted by molar-refractivity contribution is 5.85. The molecule has 12 rings (SSSR count). The molecule has 4 aliphatic heterocycles. The molecule has 0 radical (unpaired) electrons. The molecule has 0 aliphatic carbocycles. The van der Waals surface area contributed by atoms with E-state index in [0.717, 1.165) is 67.1 Å². The van der Waals surface area contributed by atoms with Crippen molar-refractivity contribution < 1.29 is 46.8 Å². The number of hydrogen-bond acceptors (Lipinski definition) is 12. The molecule has 4 bridgehead atoms. The van der Waals surface area contributed by atoms with Crippen molar-refractivity contribution in [2.45, 2.75) is 129 Å². The topological polar surface area (TPSA) is 187 Å². The first-order chi connectivity index (χ1) is 36.1. The lowest BCUT2D eigenvalue weighted by Gasteiger charge is -2.33. The van der Waals surface area contributed by atoms with Crippen LogP contribution in [-0.2, 0) is 20.8 Å². The number of carbonyl (C=O) groups excluding carboxylic acids is 2. The number of imidazole rings is 2. The largest absolute Gasteiger partial charge is 0.434 e. The van der Waals surface area contributed by atoms with E-state index < -0.39 is 24.4 Å². The molecular formula is C56H54F4N10O6. The van der Waals surface area contributed by atoms with Crippen molar-refractivity contribution in [2.75, 3.05) is 0 Å². The summed E-state index contributed by atoms with van der Waals surface area (Å²) in [4.78, 5) is 56.5. The summed E-state index contributed by atoms with van der Waals surface area (Å²) in [7, 11) is 0. The lowest BCUT2D eigenvalue weighted by atomic mass is 9.94. The Bertz CT molecular complexity index is 3360. The van der Waals surface area contributed by atoms with Gasteiger partial charge in [0.05, 0.1) is 58.3 Å². The summed E-state index contributed by atoms with van der Waals surface area (Å²) in [6.45, 7) is 7.42. The SMILES string of the molecule is CC(=O)N1C2C[C@H](c3c(OC(F)F)cccc3[C@@H]1C)n1c2nc2ccc(-c3cnc(C(C)(C)O)nc3)cc21.CC(=O)N1C2C[C@H](c3c(OC(F)F)cccc3[C@H]1C)n1c2nc2ccc(-c3cnc(C(C)(C)O)nc3)cc21. The molecular weight excluding hydrogens is 985 g/mol. The van der Waals surface area contributed by atoms with Gasteiger partial charge in [-0.3, -0.25) is 9.59 Å². The van der Waals surface area contributed by atoms with Gasteiger partial charge in [0, 0.05) is 73.7 Å². The Kier molecular flexibility index (Phi) is 12.2. The van der Waals surface area contributed by atoms with Crippen molar-refractivity contribution in [3.8, 4) is 33.8 Å². The first-order valence-corrected chi connectivity index (χ1v) is 25.0. The Balaban J connectivity index is 0.000000162. The van der Waals surface area contributed by atoms with Gasteiger partial charge in [-0.15, -0.1) is 0 Å². The molecule has 6 atom stereocenters. The van der Waals surface area contributed by atoms with E-state index in [1.807, 2.05) is 62.4 Å². The molecule has 4 aromatic heterocycles. The highest BCUT2D eigenvalue weighted by atomic mass is 19.3. The maximum atomic E-state index is 13.4. The van der Waals surface area contributed by atoms with E-state index in [2.05, 4.69) is 29.1 Å². The number of hydrogen-bond donors (Lipinski definition) is 2. The van der Waals surface area contributed by atoms with Gasteiger partial charge in [0.15, 0.2) is 11.6 Å². The van der Waals surface area contributed by atoms with Crippen molar-refractivity contribution in [3.05, 3.63) is 143 Å². The van der Waals surface area contributed by atoms with Crippen LogP contribution in [-0.4, -0.2) is 84.1 Å². The third-order valence-corrected chi connectivity index (χ3v) is 15.0. The van der Waals surface area contributed by atoms with Gasteiger partial charge in [0.25, 0.3) is 0 Å². The zero-order chi connectivity index (χ0) is 53.9. The molecule has 0 saturated heterocycles. The summed E-state index contributed by atoms with van der Waals surface area (Å²) < 4.78 is 67.8. The minimum absolute atomic E-state index is 0.111. The third kappa shape index (κ3) is 8.47. The maximum absolute atomic E-state index is 13.4. The van der Waals surface area contributed by atoms with Crippen LogP contribution in [0.25, 0.3) is 44.3 Å². The van der Waals surface area contributed by atoms with Crippen molar-refractivity contribution >= 4 is 33.9 Å². The van der Waals surface area contributed by atoms with Gasteiger partial charge in [-0.05, 0) is 100 Å². The van der Waals surface area contributed by atoms with Crippen LogP contribution in [0.2, 0.25) is 0 Å². The molecule has 16 nitrogen and oxygen atoms in total. The Morgan fingerprint density at radius 2 is 0.934 bits per heavy atom. The van der Waals surface area contributed by atoms with Gasteiger partial charge in [0.1, 0.15) is 34.3 Å². The zero-order valence-corrected chi connectivity index (χ0v) is 42.8. The average Bonchev–Trinajstić information content (AvgIpc) is 4.19. The molecule has 8 aromatic rings. The van der Waals surface area contributed by atoms with E-state index in [1.54, 1.807) is 86.5 Å². The first kappa shape index (κ1) is 50.3. The molecule has 0 spiro atoms. The molecule has 0 saturated carbocycles. The number of amides is 2. The predicted molar refractivity (Wildman–Crippen MR) is 271 cm³/mol. The molecule has 2 N–H and O–H groups in total. The number of halogens is 4. The summed E-state index contributed by atoms with van der Waals surface area (Å²) in [6, 6.07) is 19.8. The quantitative estimate of drug-likeness (QED) is 0.137. The third-order valence-electron chi connectivity index (χ3n) is 15.0. The van der Waals surface area contributed by atoms with Gasteiger partial charge < -0.3 is 38.6 Å². The number of benzene rings is 4. The number of fused-ring (bicyclic) bond motifs is 18. The monoisotopic (exact) mass is 1040 g/mol. The number of rotatable bonds is 8. The minimum Gasteiger partial charge on any atom is -0.434 e. The van der Waals surface area contributed by atoms with Crippen LogP contribution in [0.15, 0.2) is 97.6 Å². The second-order valence-electron chi connectivity index (χ2n) is 20.8. The van der Waals surface area contributed by atoms with Crippen molar-refractivity contribution in [1.82, 2.24) is 48.8 Å². The predicted octanol–water partition coefficient (Wildman–Crippen LogP) is 10.6. The van der Waals surface area contributed by atoms with Crippen LogP contribution in [0.4, 0.5) is 17.6 Å². The van der Waals surface area contributed by atoms with Crippen LogP contribution < -0.4 is 9.47 Å². The summed E-state index contributed by atoms with van der Waals surface area (Å²) in [5.41, 5.74) is 6.85. The Morgan fingerprint density at radius 1 is 0.566 bits per heavy atom. The van der Waals surface area contributed by atoms with Crippen LogP contribution in [0.5, 0.6) is 11.5 Å². The molecule has 392 valence electrons. The molecule has 8 heterocycles. The van der Waals surface area contributed by atoms with Crippen molar-refractivity contribution in [2.24, 2.45) is 0 Å². The van der Waals surface area contributed by atoms with Crippen LogP contribution in [0, 0.1) is 0 Å². The van der Waals surface area contributed by atoms with E-state index in [9.17, 15) is 37.4 Å². The van der Waals surface area contributed by atoms with Crippen LogP contribution in [0.1, 0.15) is 150 Å². The zero-order valence-electron chi connectivity index (χ0n) is 42.8. The number of carbonyl (C=O) groups is 2. The highest BCUT2D eigenvalue weighted by Crippen LogP contribution is 2.55. The Hall–Kier alpha value is -7.84. The number of aromatic nitrogens is 8. The van der Waals surface area contributed by atoms with Crippen molar-refractivity contribution in [1.29, 1.82) is 0 Å². The van der Waals surface area contributed by atoms with Gasteiger partial charge >= 0.3 is 13.2 Å². The Morgan fingerprint density at radius 3 is 1.26 bits per heavy atom. The summed E-state index contributed by atoms with van der Waals surface area (Å²) >= 11 is 0. The van der Waals surface area contributed by atoms with E-state index in [4.69, 9.17) is 19.4 Å². The molecule has 20 heteroatoms. The molecule has 4 aliphatic rings. The van der Waals surface area contributed by atoms with Gasteiger partial charge in [-0.1, -0.05) is 36.4 Å². The van der Waals surface area contributed by atoms with E-state index in [1.165, 1.54) is 13.8 Å². The number of aliphatic hydroxyl groups is 2. The molecule has 0 fully saturated rings. The fourth-order valence-corrected chi connectivity index (χ4v) is 11.9. The van der Waals surface area contributed by atoms with Crippen LogP contribution >= 0.6 is 0 Å². The van der Waals surface area contributed by atoms with E-state index >= 15 is 0 Å². The van der Waals surface area contributed by atoms with Gasteiger partial charge in [-0.25, -0.2) is 29.9 Å². The highest BCUT2D eigenvalue weighted by Gasteiger charge is 2.48. The molecule has 2 amide bonds. The standard InChI is InChI=1S/2C28H27F2N5O3/c2*1-14-18-6-5-7-23(38-27(29)30)24(18)21-11-22(34(14)15(2)36)25-33-19-9-8-16(10-20(19)35(21)25)17-12-31-26(32-13-17)28(3,4)37/h2*5-10,12-14,21-22,27,37H,11H2,1-4H3/t14-,21+,22?;14-,21-,22?/m01/s1. The minimum atomic E-state index is -2.97. The summed E-state index contributed by atoms with van der Waals surface area (Å²) in [5, 5.41) is 20.4. The molecule has 4 aromatic carbocycles. The Labute approximate surface area is 434 Å². The number of alkyl halides is 4. The second-order valence-corrected chi connectivity index (χ2v) is 20.8. The first-order valence-electron chi connectivity index (χ1n) is 25.0. The van der Waals surface area contributed by atoms with Gasteiger partial charge in [0.2, 0.25) is 11.8 Å². The molecule has 76 heavy (non-hydrogen) atoms. The fraction of sp³-hybridized carbons (Fsp3) is 0.357. The number of nitrogens with zero attached hydrogens (tertiary/aromatic N) is 10. The van der Waals surface area contributed by atoms with Crippen molar-refractivity contribution in [3.63, 3.8) is 0 Å². The lowest BCUT2D eigenvalue weighted by Crippen LogP contribution is -2.34. The molecule has 2 unspecified atom stereocenters. The average molecular weight is 1040 g/mol. The normalized spacial score (nSPS) is 20.4. The van der Waals surface area contributed by atoms with Gasteiger partial charge in [-0.2, -0.15) is 17.6 Å². The van der Waals surface area contributed by atoms with E-state index in [0.29, 0.717) is 35.6 Å².